The zero-order chi connectivity index (χ0) is 20.1. The lowest BCUT2D eigenvalue weighted by atomic mass is 9.90. The van der Waals surface area contributed by atoms with Gasteiger partial charge in [0.05, 0.1) is 5.92 Å². The number of rotatable bonds is 16. The van der Waals surface area contributed by atoms with Gasteiger partial charge in [0.1, 0.15) is 9.52 Å². The molecule has 0 aliphatic carbocycles. The van der Waals surface area contributed by atoms with Gasteiger partial charge in [0, 0.05) is 5.92 Å². The second kappa shape index (κ2) is 14.5. The first kappa shape index (κ1) is 25.6. The Morgan fingerprint density at radius 2 is 1.26 bits per heavy atom. The fourth-order valence-corrected chi connectivity index (χ4v) is 8.12. The molecule has 3 atom stereocenters. The predicted octanol–water partition coefficient (Wildman–Crippen LogP) is 7.61. The van der Waals surface area contributed by atoms with Crippen molar-refractivity contribution >= 4 is 41.3 Å². The van der Waals surface area contributed by atoms with Gasteiger partial charge in [-0.1, -0.05) is 78.1 Å². The quantitative estimate of drug-likeness (QED) is 0.141. The van der Waals surface area contributed by atoms with Crippen LogP contribution in [0.1, 0.15) is 90.9 Å². The van der Waals surface area contributed by atoms with Crippen molar-refractivity contribution in [2.24, 2.45) is 11.8 Å². The van der Waals surface area contributed by atoms with Crippen molar-refractivity contribution in [3.63, 3.8) is 0 Å². The highest BCUT2D eigenvalue weighted by Gasteiger charge is 2.53. The lowest BCUT2D eigenvalue weighted by molar-refractivity contribution is -0.144. The summed E-state index contributed by atoms with van der Waals surface area (Å²) in [6, 6.07) is 0. The standard InChI is InChI=1S/C22H42O2S3/c1-6-7-8-9-10-11-12-13-14-15-16-17-19-20(18(2)21(23)24-19)22(25-3,26-4)27-5/h18-20H,6-17H2,1-5H3/t18-,19+,20-/m1/s1. The van der Waals surface area contributed by atoms with Crippen LogP contribution in [-0.4, -0.2) is 34.3 Å². The summed E-state index contributed by atoms with van der Waals surface area (Å²) in [5, 5.41) is 0. The molecule has 0 amide bonds. The number of unbranched alkanes of at least 4 members (excludes halogenated alkanes) is 10. The van der Waals surface area contributed by atoms with Gasteiger partial charge in [-0.3, -0.25) is 4.79 Å². The van der Waals surface area contributed by atoms with E-state index in [1.54, 1.807) is 0 Å². The molecular formula is C22H42O2S3. The number of carbonyl (C=O) groups excluding carboxylic acids is 1. The summed E-state index contributed by atoms with van der Waals surface area (Å²) in [5.41, 5.74) is 0. The number of thioether (sulfide) groups is 3. The molecule has 0 spiro atoms. The molecule has 27 heavy (non-hydrogen) atoms. The summed E-state index contributed by atoms with van der Waals surface area (Å²) in [6.07, 6.45) is 22.6. The van der Waals surface area contributed by atoms with E-state index in [9.17, 15) is 4.79 Å². The van der Waals surface area contributed by atoms with Crippen LogP contribution in [-0.2, 0) is 9.53 Å². The van der Waals surface area contributed by atoms with E-state index >= 15 is 0 Å². The van der Waals surface area contributed by atoms with Crippen LogP contribution in [0.5, 0.6) is 0 Å². The lowest BCUT2D eigenvalue weighted by Gasteiger charge is -2.37. The molecule has 1 fully saturated rings. The van der Waals surface area contributed by atoms with E-state index in [4.69, 9.17) is 4.74 Å². The largest absolute Gasteiger partial charge is 0.462 e. The minimum atomic E-state index is 0.00889. The summed E-state index contributed by atoms with van der Waals surface area (Å²) in [6.45, 7) is 4.34. The van der Waals surface area contributed by atoms with Crippen molar-refractivity contribution in [2.45, 2.75) is 100 Å². The fourth-order valence-electron chi connectivity index (χ4n) is 4.24. The van der Waals surface area contributed by atoms with Crippen LogP contribution in [0.4, 0.5) is 0 Å². The van der Waals surface area contributed by atoms with E-state index < -0.39 is 0 Å². The molecule has 0 aromatic heterocycles. The zero-order valence-electron chi connectivity index (χ0n) is 18.3. The molecular weight excluding hydrogens is 392 g/mol. The molecule has 0 bridgehead atoms. The number of ether oxygens (including phenoxy) is 1. The molecule has 1 rings (SSSR count). The molecule has 1 heterocycles. The van der Waals surface area contributed by atoms with E-state index in [2.05, 4.69) is 32.6 Å². The number of esters is 1. The number of hydrogen-bond donors (Lipinski definition) is 0. The molecule has 1 aliphatic heterocycles. The van der Waals surface area contributed by atoms with Gasteiger partial charge in [0.2, 0.25) is 0 Å². The highest BCUT2D eigenvalue weighted by Crippen LogP contribution is 2.55. The van der Waals surface area contributed by atoms with Crippen LogP contribution in [0.2, 0.25) is 0 Å². The van der Waals surface area contributed by atoms with E-state index in [1.165, 1.54) is 70.6 Å². The van der Waals surface area contributed by atoms with Crippen LogP contribution >= 0.6 is 35.3 Å². The van der Waals surface area contributed by atoms with Crippen molar-refractivity contribution in [1.29, 1.82) is 0 Å². The Kier molecular flexibility index (Phi) is 13.7. The minimum Gasteiger partial charge on any atom is -0.462 e. The number of hydrogen-bond acceptors (Lipinski definition) is 5. The Labute approximate surface area is 181 Å². The molecule has 0 N–H and O–H groups in total. The summed E-state index contributed by atoms with van der Waals surface area (Å²) in [4.78, 5) is 12.2. The average Bonchev–Trinajstić information content (AvgIpc) is 2.96. The summed E-state index contributed by atoms with van der Waals surface area (Å²) in [5.74, 6) is 0.317. The average molecular weight is 435 g/mol. The van der Waals surface area contributed by atoms with Gasteiger partial charge in [-0.15, -0.1) is 35.3 Å². The van der Waals surface area contributed by atoms with Crippen LogP contribution in [0, 0.1) is 11.8 Å². The van der Waals surface area contributed by atoms with E-state index in [0.717, 1.165) is 6.42 Å². The van der Waals surface area contributed by atoms with Gasteiger partial charge in [-0.25, -0.2) is 0 Å². The highest BCUT2D eigenvalue weighted by molar-refractivity contribution is 8.33. The minimum absolute atomic E-state index is 0.00889. The molecule has 0 unspecified atom stereocenters. The smallest absolute Gasteiger partial charge is 0.309 e. The van der Waals surface area contributed by atoms with Crippen molar-refractivity contribution in [1.82, 2.24) is 0 Å². The van der Waals surface area contributed by atoms with Crippen LogP contribution in [0.15, 0.2) is 0 Å². The van der Waals surface area contributed by atoms with Gasteiger partial charge in [-0.2, -0.15) is 0 Å². The van der Waals surface area contributed by atoms with Gasteiger partial charge in [-0.05, 0) is 31.6 Å². The lowest BCUT2D eigenvalue weighted by Crippen LogP contribution is -2.37. The van der Waals surface area contributed by atoms with Crippen LogP contribution in [0.3, 0.4) is 0 Å². The fraction of sp³-hybridized carbons (Fsp3) is 0.955. The van der Waals surface area contributed by atoms with Crippen LogP contribution < -0.4 is 0 Å². The SMILES string of the molecule is CCCCCCCCCCCCC[C@@H]1OC(=O)[C@H](C)[C@H]1C(SC)(SC)SC. The van der Waals surface area contributed by atoms with Gasteiger partial charge in [0.15, 0.2) is 0 Å². The third-order valence-electron chi connectivity index (χ3n) is 5.93. The second-order valence-electron chi connectivity index (χ2n) is 7.83. The predicted molar refractivity (Wildman–Crippen MR) is 127 cm³/mol. The first-order chi connectivity index (χ1) is 13.1. The Morgan fingerprint density at radius 1 is 0.815 bits per heavy atom. The van der Waals surface area contributed by atoms with Crippen LogP contribution in [0.25, 0.3) is 0 Å². The molecule has 0 radical (unpaired) electrons. The molecule has 5 heteroatoms. The number of cyclic esters (lactones) is 1. The molecule has 1 saturated heterocycles. The monoisotopic (exact) mass is 434 g/mol. The number of carbonyl (C=O) groups is 1. The van der Waals surface area contributed by atoms with Gasteiger partial charge in [0.25, 0.3) is 0 Å². The topological polar surface area (TPSA) is 26.3 Å². The van der Waals surface area contributed by atoms with E-state index in [0.29, 0.717) is 5.92 Å². The van der Waals surface area contributed by atoms with Crippen molar-refractivity contribution in [2.75, 3.05) is 18.8 Å². The summed E-state index contributed by atoms with van der Waals surface area (Å²) < 4.78 is 5.83. The maximum atomic E-state index is 12.2. The molecule has 2 nitrogen and oxygen atoms in total. The molecule has 0 saturated carbocycles. The first-order valence-corrected chi connectivity index (χ1v) is 14.6. The summed E-state index contributed by atoms with van der Waals surface area (Å²) >= 11 is 5.63. The Hall–Kier alpha value is 0.520. The Morgan fingerprint density at radius 3 is 1.70 bits per heavy atom. The third kappa shape index (κ3) is 8.04. The maximum Gasteiger partial charge on any atom is 0.309 e. The molecule has 160 valence electrons. The normalized spacial score (nSPS) is 23.0. The highest BCUT2D eigenvalue weighted by atomic mass is 32.3. The summed E-state index contributed by atoms with van der Waals surface area (Å²) in [7, 11) is 0. The zero-order valence-corrected chi connectivity index (χ0v) is 20.7. The molecule has 1 aliphatic rings. The Balaban J connectivity index is 2.27. The van der Waals surface area contributed by atoms with E-state index in [1.807, 2.05) is 35.3 Å². The first-order valence-electron chi connectivity index (χ1n) is 10.9. The third-order valence-corrected chi connectivity index (χ3v) is 11.5. The molecule has 0 aromatic carbocycles. The van der Waals surface area contributed by atoms with Crippen molar-refractivity contribution in [3.05, 3.63) is 0 Å². The molecule has 0 aromatic rings. The second-order valence-corrected chi connectivity index (χ2v) is 11.8. The van der Waals surface area contributed by atoms with Gasteiger partial charge < -0.3 is 4.74 Å². The maximum absolute atomic E-state index is 12.2. The van der Waals surface area contributed by atoms with Gasteiger partial charge >= 0.3 is 5.97 Å². The Bertz CT molecular complexity index is 391. The van der Waals surface area contributed by atoms with Crippen molar-refractivity contribution < 1.29 is 9.53 Å². The van der Waals surface area contributed by atoms with Crippen molar-refractivity contribution in [3.8, 4) is 0 Å². The van der Waals surface area contributed by atoms with E-state index in [-0.39, 0.29) is 21.4 Å².